The average molecular weight is 338 g/mol. The van der Waals surface area contributed by atoms with E-state index in [0.717, 1.165) is 16.9 Å². The average Bonchev–Trinajstić information content (AvgIpc) is 3.16. The second-order valence-electron chi connectivity index (χ2n) is 5.50. The van der Waals surface area contributed by atoms with E-state index >= 15 is 0 Å². The fraction of sp³-hybridized carbons (Fsp3) is 0.222. The number of pyridine rings is 1. The topological polar surface area (TPSA) is 79.1 Å². The highest BCUT2D eigenvalue weighted by molar-refractivity contribution is 5.89. The molecule has 0 spiro atoms. The summed E-state index contributed by atoms with van der Waals surface area (Å²) in [7, 11) is 0. The Kier molecular flexibility index (Phi) is 5.03. The number of hydrogen-bond donors (Lipinski definition) is 0. The summed E-state index contributed by atoms with van der Waals surface area (Å²) in [5, 5.41) is 3.97. The quantitative estimate of drug-likeness (QED) is 0.507. The van der Waals surface area contributed by atoms with E-state index in [1.807, 2.05) is 32.0 Å². The van der Waals surface area contributed by atoms with Crippen molar-refractivity contribution >= 4 is 5.97 Å². The molecule has 0 N–H and O–H groups in total. The Hall–Kier alpha value is -3.22. The number of aryl methyl sites for hydroxylation is 2. The summed E-state index contributed by atoms with van der Waals surface area (Å²) < 4.78 is 12.4. The second kappa shape index (κ2) is 7.57. The van der Waals surface area contributed by atoms with Crippen LogP contribution in [0.5, 0.6) is 5.75 Å². The molecular formula is C18H18N4O3. The van der Waals surface area contributed by atoms with Gasteiger partial charge in [-0.05, 0) is 43.2 Å². The van der Waals surface area contributed by atoms with Crippen LogP contribution in [-0.2, 0) is 4.74 Å². The maximum absolute atomic E-state index is 12.0. The van der Waals surface area contributed by atoms with Crippen LogP contribution in [0.3, 0.4) is 0 Å². The first kappa shape index (κ1) is 16.6. The molecule has 0 atom stereocenters. The molecule has 0 fully saturated rings. The van der Waals surface area contributed by atoms with Crippen LogP contribution in [0, 0.1) is 13.8 Å². The largest absolute Gasteiger partial charge is 0.490 e. The molecule has 0 unspecified atom stereocenters. The highest BCUT2D eigenvalue weighted by Gasteiger charge is 2.09. The Balaban J connectivity index is 1.50. The molecule has 0 bridgehead atoms. The van der Waals surface area contributed by atoms with Crippen molar-refractivity contribution in [3.63, 3.8) is 0 Å². The van der Waals surface area contributed by atoms with Gasteiger partial charge in [-0.2, -0.15) is 5.10 Å². The molecule has 7 nitrogen and oxygen atoms in total. The minimum absolute atomic E-state index is 0.164. The first-order valence-corrected chi connectivity index (χ1v) is 7.82. The van der Waals surface area contributed by atoms with Gasteiger partial charge in [-0.15, -0.1) is 0 Å². The molecule has 0 radical (unpaired) electrons. The van der Waals surface area contributed by atoms with Crippen LogP contribution in [0.4, 0.5) is 0 Å². The molecule has 25 heavy (non-hydrogen) atoms. The van der Waals surface area contributed by atoms with Crippen molar-refractivity contribution in [3.05, 3.63) is 65.9 Å². The molecule has 2 aromatic heterocycles. The van der Waals surface area contributed by atoms with Crippen LogP contribution in [0.1, 0.15) is 21.5 Å². The minimum atomic E-state index is -0.442. The number of benzene rings is 1. The summed E-state index contributed by atoms with van der Waals surface area (Å²) in [5.41, 5.74) is 2.54. The van der Waals surface area contributed by atoms with Crippen molar-refractivity contribution < 1.29 is 14.3 Å². The third-order valence-electron chi connectivity index (χ3n) is 3.55. The van der Waals surface area contributed by atoms with E-state index in [9.17, 15) is 4.79 Å². The van der Waals surface area contributed by atoms with Gasteiger partial charge in [0.05, 0.1) is 5.56 Å². The molecule has 2 heterocycles. The number of rotatable bonds is 6. The van der Waals surface area contributed by atoms with E-state index in [1.54, 1.807) is 12.1 Å². The predicted molar refractivity (Wildman–Crippen MR) is 90.8 cm³/mol. The molecule has 7 heteroatoms. The van der Waals surface area contributed by atoms with Gasteiger partial charge in [0.2, 0.25) is 0 Å². The number of ether oxygens (including phenoxy) is 2. The number of carbonyl (C=O) groups excluding carboxylic acids is 1. The maximum atomic E-state index is 12.0. The molecule has 0 aliphatic heterocycles. The SMILES string of the molecule is Cc1ccc(C)c(OCCOC(=O)c2ccc(-n3cncn3)nc2)c1. The van der Waals surface area contributed by atoms with E-state index in [1.165, 1.54) is 23.5 Å². The van der Waals surface area contributed by atoms with Gasteiger partial charge in [-0.3, -0.25) is 0 Å². The minimum Gasteiger partial charge on any atom is -0.490 e. The Morgan fingerprint density at radius 3 is 2.76 bits per heavy atom. The van der Waals surface area contributed by atoms with Crippen molar-refractivity contribution in [2.24, 2.45) is 0 Å². The van der Waals surface area contributed by atoms with Crippen LogP contribution in [0.2, 0.25) is 0 Å². The maximum Gasteiger partial charge on any atom is 0.339 e. The smallest absolute Gasteiger partial charge is 0.339 e. The van der Waals surface area contributed by atoms with Crippen LogP contribution in [0.15, 0.2) is 49.2 Å². The molecule has 1 aromatic carbocycles. The zero-order chi connectivity index (χ0) is 17.6. The Labute approximate surface area is 145 Å². The summed E-state index contributed by atoms with van der Waals surface area (Å²) in [6.07, 6.45) is 4.40. The fourth-order valence-electron chi connectivity index (χ4n) is 2.20. The summed E-state index contributed by atoms with van der Waals surface area (Å²) in [6.45, 7) is 4.43. The van der Waals surface area contributed by atoms with Crippen LogP contribution >= 0.6 is 0 Å². The molecule has 3 aromatic rings. The van der Waals surface area contributed by atoms with Gasteiger partial charge >= 0.3 is 5.97 Å². The van der Waals surface area contributed by atoms with E-state index in [-0.39, 0.29) is 6.61 Å². The van der Waals surface area contributed by atoms with Crippen LogP contribution in [-0.4, -0.2) is 38.9 Å². The van der Waals surface area contributed by atoms with Crippen molar-refractivity contribution in [3.8, 4) is 11.6 Å². The van der Waals surface area contributed by atoms with Gasteiger partial charge in [-0.25, -0.2) is 19.4 Å². The van der Waals surface area contributed by atoms with Gasteiger partial charge in [0.1, 0.15) is 31.6 Å². The standard InChI is InChI=1S/C18H18N4O3/c1-13-3-4-14(2)16(9-13)24-7-8-25-18(23)15-5-6-17(20-10-15)22-12-19-11-21-22/h3-6,9-12H,7-8H2,1-2H3. The van der Waals surface area contributed by atoms with Gasteiger partial charge < -0.3 is 9.47 Å². The molecule has 0 amide bonds. The number of aromatic nitrogens is 4. The van der Waals surface area contributed by atoms with Gasteiger partial charge in [0.15, 0.2) is 5.82 Å². The lowest BCUT2D eigenvalue weighted by molar-refractivity contribution is 0.0449. The molecular weight excluding hydrogens is 320 g/mol. The highest BCUT2D eigenvalue weighted by atomic mass is 16.6. The number of esters is 1. The van der Waals surface area contributed by atoms with Crippen molar-refractivity contribution in [1.29, 1.82) is 0 Å². The third-order valence-corrected chi connectivity index (χ3v) is 3.55. The second-order valence-corrected chi connectivity index (χ2v) is 5.50. The molecule has 3 rings (SSSR count). The summed E-state index contributed by atoms with van der Waals surface area (Å²) in [6, 6.07) is 9.30. The zero-order valence-corrected chi connectivity index (χ0v) is 14.0. The summed E-state index contributed by atoms with van der Waals surface area (Å²) >= 11 is 0. The summed E-state index contributed by atoms with van der Waals surface area (Å²) in [4.78, 5) is 20.0. The molecule has 0 saturated carbocycles. The van der Waals surface area contributed by atoms with E-state index < -0.39 is 5.97 Å². The molecule has 0 aliphatic carbocycles. The first-order chi connectivity index (χ1) is 12.1. The van der Waals surface area contributed by atoms with E-state index in [0.29, 0.717) is 18.0 Å². The van der Waals surface area contributed by atoms with E-state index in [2.05, 4.69) is 15.1 Å². The first-order valence-electron chi connectivity index (χ1n) is 7.82. The molecule has 0 aliphatic rings. The lowest BCUT2D eigenvalue weighted by Gasteiger charge is -2.10. The number of hydrogen-bond acceptors (Lipinski definition) is 6. The van der Waals surface area contributed by atoms with Crippen LogP contribution in [0.25, 0.3) is 5.82 Å². The van der Waals surface area contributed by atoms with E-state index in [4.69, 9.17) is 9.47 Å². The third kappa shape index (κ3) is 4.20. The Morgan fingerprint density at radius 2 is 2.04 bits per heavy atom. The Bertz CT molecular complexity index is 845. The van der Waals surface area contributed by atoms with Gasteiger partial charge in [-0.1, -0.05) is 12.1 Å². The van der Waals surface area contributed by atoms with Crippen molar-refractivity contribution in [2.45, 2.75) is 13.8 Å². The number of nitrogens with zero attached hydrogens (tertiary/aromatic N) is 4. The van der Waals surface area contributed by atoms with Crippen LogP contribution < -0.4 is 4.74 Å². The lowest BCUT2D eigenvalue weighted by Crippen LogP contribution is -2.13. The summed E-state index contributed by atoms with van der Waals surface area (Å²) in [5.74, 6) is 0.935. The van der Waals surface area contributed by atoms with Gasteiger partial charge in [0, 0.05) is 6.20 Å². The van der Waals surface area contributed by atoms with Gasteiger partial charge in [0.25, 0.3) is 0 Å². The Morgan fingerprint density at radius 1 is 1.16 bits per heavy atom. The monoisotopic (exact) mass is 338 g/mol. The lowest BCUT2D eigenvalue weighted by atomic mass is 10.1. The molecule has 0 saturated heterocycles. The predicted octanol–water partition coefficient (Wildman–Crippen LogP) is 2.51. The van der Waals surface area contributed by atoms with Crippen molar-refractivity contribution in [2.75, 3.05) is 13.2 Å². The molecule has 128 valence electrons. The zero-order valence-electron chi connectivity index (χ0n) is 14.0. The highest BCUT2D eigenvalue weighted by Crippen LogP contribution is 2.18. The normalized spacial score (nSPS) is 10.5. The van der Waals surface area contributed by atoms with Crippen molar-refractivity contribution in [1.82, 2.24) is 19.7 Å². The fourth-order valence-corrected chi connectivity index (χ4v) is 2.20. The number of carbonyl (C=O) groups is 1.